The van der Waals surface area contributed by atoms with Crippen LogP contribution in [0.5, 0.6) is 0 Å². The van der Waals surface area contributed by atoms with Crippen molar-refractivity contribution in [3.05, 3.63) is 41.8 Å². The Bertz CT molecular complexity index is 1190. The smallest absolute Gasteiger partial charge is 0.274 e. The van der Waals surface area contributed by atoms with Crippen LogP contribution in [-0.2, 0) is 9.59 Å². The van der Waals surface area contributed by atoms with Crippen molar-refractivity contribution in [1.29, 1.82) is 0 Å². The Balaban J connectivity index is 1.43. The summed E-state index contributed by atoms with van der Waals surface area (Å²) in [6.07, 6.45) is 3.30. The summed E-state index contributed by atoms with van der Waals surface area (Å²) >= 11 is 5.98. The van der Waals surface area contributed by atoms with Crippen molar-refractivity contribution in [2.45, 2.75) is 77.0 Å². The van der Waals surface area contributed by atoms with Crippen molar-refractivity contribution in [3.8, 4) is 0 Å². The highest BCUT2D eigenvalue weighted by Gasteiger charge is 2.43. The van der Waals surface area contributed by atoms with Gasteiger partial charge in [0.15, 0.2) is 5.69 Å². The number of piperidine rings is 1. The Morgan fingerprint density at radius 2 is 1.92 bits per heavy atom. The van der Waals surface area contributed by atoms with Crippen molar-refractivity contribution >= 4 is 40.7 Å². The number of rotatable bonds is 8. The predicted molar refractivity (Wildman–Crippen MR) is 149 cm³/mol. The van der Waals surface area contributed by atoms with Crippen molar-refractivity contribution < 1.29 is 24.0 Å². The van der Waals surface area contributed by atoms with Crippen LogP contribution in [0.3, 0.4) is 0 Å². The van der Waals surface area contributed by atoms with Crippen LogP contribution in [0.15, 0.2) is 34.9 Å². The first-order valence-corrected chi connectivity index (χ1v) is 14.0. The van der Waals surface area contributed by atoms with Crippen molar-refractivity contribution in [1.82, 2.24) is 15.8 Å². The van der Waals surface area contributed by atoms with E-state index in [0.29, 0.717) is 37.3 Å². The molecule has 1 saturated heterocycles. The number of nitrogens with one attached hydrogen (secondary N) is 3. The summed E-state index contributed by atoms with van der Waals surface area (Å²) < 4.78 is 5.02. The molecule has 1 aliphatic carbocycles. The molecule has 2 aromatic rings. The third kappa shape index (κ3) is 6.55. The minimum atomic E-state index is -1.06. The Kier molecular flexibility index (Phi) is 8.86. The van der Waals surface area contributed by atoms with Gasteiger partial charge in [-0.15, -0.1) is 11.6 Å². The standard InChI is InChI=1S/C28H38ClN5O5/c1-18-15-21(33-39-18)24(36)32-28(12-7-4-8-13-28)26(38)31-20-11-14-34(16-23(20)35)22-10-6-5-9-19(22)30-25(37)27(2,3)17-29/h5-6,9-10,15,20,23,35H,4,7-8,11-14,16-17H2,1-3H3,(H,30,37)(H,31,38)(H,32,36). The van der Waals surface area contributed by atoms with E-state index < -0.39 is 29.0 Å². The molecule has 2 heterocycles. The summed E-state index contributed by atoms with van der Waals surface area (Å²) in [6, 6.07) is 8.51. The molecule has 2 atom stereocenters. The van der Waals surface area contributed by atoms with Crippen LogP contribution in [0.2, 0.25) is 0 Å². The zero-order chi connectivity index (χ0) is 28.2. The lowest BCUT2D eigenvalue weighted by Crippen LogP contribution is -2.64. The number of nitrogens with zero attached hydrogens (tertiary/aromatic N) is 2. The molecule has 4 N–H and O–H groups in total. The normalized spacial score (nSPS) is 21.2. The Hall–Kier alpha value is -3.11. The van der Waals surface area contributed by atoms with Crippen LogP contribution >= 0.6 is 11.6 Å². The van der Waals surface area contributed by atoms with Crippen LogP contribution < -0.4 is 20.9 Å². The molecule has 3 amide bonds. The molecular weight excluding hydrogens is 522 g/mol. The van der Waals surface area contributed by atoms with Gasteiger partial charge in [-0.05, 0) is 52.2 Å². The van der Waals surface area contributed by atoms with E-state index in [1.807, 2.05) is 29.2 Å². The molecule has 0 spiro atoms. The first-order valence-electron chi connectivity index (χ1n) is 13.5. The van der Waals surface area contributed by atoms with E-state index in [0.717, 1.165) is 24.9 Å². The van der Waals surface area contributed by atoms with Gasteiger partial charge in [-0.25, -0.2) is 0 Å². The molecule has 11 heteroatoms. The van der Waals surface area contributed by atoms with Gasteiger partial charge in [-0.3, -0.25) is 14.4 Å². The van der Waals surface area contributed by atoms with E-state index in [4.69, 9.17) is 16.1 Å². The molecule has 0 radical (unpaired) electrons. The first kappa shape index (κ1) is 28.9. The largest absolute Gasteiger partial charge is 0.389 e. The molecular formula is C28H38ClN5O5. The fourth-order valence-electron chi connectivity index (χ4n) is 5.15. The van der Waals surface area contributed by atoms with Crippen LogP contribution in [0.25, 0.3) is 0 Å². The van der Waals surface area contributed by atoms with E-state index >= 15 is 0 Å². The summed E-state index contributed by atoms with van der Waals surface area (Å²) in [4.78, 5) is 41.2. The Morgan fingerprint density at radius 3 is 2.56 bits per heavy atom. The molecule has 39 heavy (non-hydrogen) atoms. The second-order valence-electron chi connectivity index (χ2n) is 11.3. The number of aliphatic hydroxyl groups is 1. The number of aliphatic hydroxyl groups excluding tert-OH is 1. The third-order valence-corrected chi connectivity index (χ3v) is 8.36. The number of β-amino-alcohol motifs (C(OH)–C–C–N with tert-alkyl or cyclic N) is 1. The highest BCUT2D eigenvalue weighted by atomic mass is 35.5. The minimum absolute atomic E-state index is 0.138. The van der Waals surface area contributed by atoms with Crippen LogP contribution in [0, 0.1) is 12.3 Å². The van der Waals surface area contributed by atoms with Gasteiger partial charge in [0.2, 0.25) is 11.8 Å². The van der Waals surface area contributed by atoms with Crippen molar-refractivity contribution in [2.75, 3.05) is 29.2 Å². The monoisotopic (exact) mass is 559 g/mol. The maximum Gasteiger partial charge on any atom is 0.274 e. The number of carbonyl (C=O) groups is 3. The summed E-state index contributed by atoms with van der Waals surface area (Å²) in [5.74, 6) is -0.223. The van der Waals surface area contributed by atoms with Crippen LogP contribution in [0.4, 0.5) is 11.4 Å². The van der Waals surface area contributed by atoms with E-state index in [-0.39, 0.29) is 29.9 Å². The van der Waals surface area contributed by atoms with E-state index in [1.54, 1.807) is 26.8 Å². The molecule has 1 aromatic heterocycles. The zero-order valence-corrected chi connectivity index (χ0v) is 23.5. The van der Waals surface area contributed by atoms with Crippen LogP contribution in [-0.4, -0.2) is 64.6 Å². The molecule has 2 aliphatic rings. The lowest BCUT2D eigenvalue weighted by atomic mass is 9.80. The molecule has 212 valence electrons. The van der Waals surface area contributed by atoms with Gasteiger partial charge in [0.05, 0.1) is 28.9 Å². The van der Waals surface area contributed by atoms with Gasteiger partial charge in [0.1, 0.15) is 11.3 Å². The average Bonchev–Trinajstić information content (AvgIpc) is 3.37. The highest BCUT2D eigenvalue weighted by Crippen LogP contribution is 2.32. The number of amides is 3. The SMILES string of the molecule is Cc1cc(C(=O)NC2(C(=O)NC3CCN(c4ccccc4NC(=O)C(C)(C)CCl)CC3O)CCCCC2)no1. The Labute approximate surface area is 233 Å². The lowest BCUT2D eigenvalue weighted by molar-refractivity contribution is -0.130. The van der Waals surface area contributed by atoms with Gasteiger partial charge in [0, 0.05) is 25.0 Å². The first-order chi connectivity index (χ1) is 18.5. The molecule has 1 aliphatic heterocycles. The molecule has 2 unspecified atom stereocenters. The number of hydrogen-bond donors (Lipinski definition) is 4. The fourth-order valence-corrected chi connectivity index (χ4v) is 5.27. The molecule has 4 rings (SSSR count). The van der Waals surface area contributed by atoms with Crippen molar-refractivity contribution in [2.24, 2.45) is 5.41 Å². The lowest BCUT2D eigenvalue weighted by Gasteiger charge is -2.41. The second-order valence-corrected chi connectivity index (χ2v) is 11.6. The number of alkyl halides is 1. The third-order valence-electron chi connectivity index (χ3n) is 7.70. The summed E-state index contributed by atoms with van der Waals surface area (Å²) in [5.41, 5.74) is -0.228. The quantitative estimate of drug-likeness (QED) is 0.364. The number of para-hydroxylation sites is 2. The van der Waals surface area contributed by atoms with Gasteiger partial charge < -0.3 is 30.5 Å². The molecule has 2 fully saturated rings. The van der Waals surface area contributed by atoms with Crippen molar-refractivity contribution in [3.63, 3.8) is 0 Å². The van der Waals surface area contributed by atoms with Gasteiger partial charge in [0.25, 0.3) is 5.91 Å². The number of benzene rings is 1. The van der Waals surface area contributed by atoms with Crippen LogP contribution in [0.1, 0.15) is 68.6 Å². The number of carbonyl (C=O) groups excluding carboxylic acids is 3. The fraction of sp³-hybridized carbons (Fsp3) is 0.571. The van der Waals surface area contributed by atoms with Gasteiger partial charge >= 0.3 is 0 Å². The minimum Gasteiger partial charge on any atom is -0.389 e. The molecule has 1 aromatic carbocycles. The van der Waals surface area contributed by atoms with Gasteiger partial charge in [-0.1, -0.05) is 36.6 Å². The molecule has 1 saturated carbocycles. The second kappa shape index (κ2) is 12.0. The summed E-state index contributed by atoms with van der Waals surface area (Å²) in [7, 11) is 0. The highest BCUT2D eigenvalue weighted by molar-refractivity contribution is 6.20. The molecule has 0 bridgehead atoms. The van der Waals surface area contributed by atoms with E-state index in [1.165, 1.54) is 0 Å². The predicted octanol–water partition coefficient (Wildman–Crippen LogP) is 3.38. The van der Waals surface area contributed by atoms with E-state index in [2.05, 4.69) is 21.1 Å². The van der Waals surface area contributed by atoms with E-state index in [9.17, 15) is 19.5 Å². The number of aromatic nitrogens is 1. The maximum absolute atomic E-state index is 13.6. The number of anilines is 2. The molecule has 10 nitrogen and oxygen atoms in total. The Morgan fingerprint density at radius 1 is 1.21 bits per heavy atom. The summed E-state index contributed by atoms with van der Waals surface area (Å²) in [6.45, 7) is 6.10. The van der Waals surface area contributed by atoms with Gasteiger partial charge in [-0.2, -0.15) is 0 Å². The zero-order valence-electron chi connectivity index (χ0n) is 22.8. The maximum atomic E-state index is 13.6. The number of hydrogen-bond acceptors (Lipinski definition) is 7. The topological polar surface area (TPSA) is 137 Å². The number of aryl methyl sites for hydroxylation is 1. The summed E-state index contributed by atoms with van der Waals surface area (Å²) in [5, 5.41) is 23.8. The number of halogens is 1. The average molecular weight is 560 g/mol.